The molecule has 2 aromatic heterocycles. The second-order valence-corrected chi connectivity index (χ2v) is 7.07. The number of hydrogen-bond acceptors (Lipinski definition) is 3. The van der Waals surface area contributed by atoms with Gasteiger partial charge in [0.1, 0.15) is 10.4 Å². The first kappa shape index (κ1) is 15.6. The van der Waals surface area contributed by atoms with Crippen LogP contribution in [0.5, 0.6) is 0 Å². The standard InChI is InChI=1S/C18H20BrN5/c19-17-10-21-18-7-6-16(13-24(17)18)20-8-15-9-22-23(12-15)11-14-4-2-1-3-5-14/h1-5,9-10,12,16,20H,6-8,11,13H2. The molecule has 24 heavy (non-hydrogen) atoms. The number of imidazole rings is 1. The van der Waals surface area contributed by atoms with E-state index in [0.29, 0.717) is 6.04 Å². The highest BCUT2D eigenvalue weighted by atomic mass is 79.9. The molecule has 4 rings (SSSR count). The molecule has 5 nitrogen and oxygen atoms in total. The van der Waals surface area contributed by atoms with Gasteiger partial charge in [-0.15, -0.1) is 0 Å². The van der Waals surface area contributed by atoms with Gasteiger partial charge in [0, 0.05) is 37.3 Å². The number of rotatable bonds is 5. The Hall–Kier alpha value is -1.92. The molecule has 0 aliphatic carbocycles. The monoisotopic (exact) mass is 385 g/mol. The van der Waals surface area contributed by atoms with Gasteiger partial charge in [-0.05, 0) is 27.9 Å². The fourth-order valence-electron chi connectivity index (χ4n) is 3.18. The average molecular weight is 386 g/mol. The van der Waals surface area contributed by atoms with E-state index in [-0.39, 0.29) is 0 Å². The second-order valence-electron chi connectivity index (χ2n) is 6.26. The predicted octanol–water partition coefficient (Wildman–Crippen LogP) is 3.00. The molecular formula is C18H20BrN5. The molecule has 0 bridgehead atoms. The summed E-state index contributed by atoms with van der Waals surface area (Å²) < 4.78 is 5.32. The molecule has 1 aliphatic rings. The Morgan fingerprint density at radius 2 is 2.04 bits per heavy atom. The molecule has 1 N–H and O–H groups in total. The molecular weight excluding hydrogens is 366 g/mol. The number of nitrogens with one attached hydrogen (secondary N) is 1. The molecule has 0 radical (unpaired) electrons. The van der Waals surface area contributed by atoms with Crippen molar-refractivity contribution < 1.29 is 0 Å². The number of aryl methyl sites for hydroxylation is 1. The number of benzene rings is 1. The number of aromatic nitrogens is 4. The van der Waals surface area contributed by atoms with Crippen LogP contribution in [-0.4, -0.2) is 25.4 Å². The highest BCUT2D eigenvalue weighted by molar-refractivity contribution is 9.10. The van der Waals surface area contributed by atoms with Crippen molar-refractivity contribution in [2.24, 2.45) is 0 Å². The van der Waals surface area contributed by atoms with Crippen LogP contribution in [0.2, 0.25) is 0 Å². The average Bonchev–Trinajstić information content (AvgIpc) is 3.21. The summed E-state index contributed by atoms with van der Waals surface area (Å²) in [4.78, 5) is 4.43. The summed E-state index contributed by atoms with van der Waals surface area (Å²) in [5, 5.41) is 8.12. The van der Waals surface area contributed by atoms with Crippen LogP contribution in [0.15, 0.2) is 53.5 Å². The van der Waals surface area contributed by atoms with E-state index in [9.17, 15) is 0 Å². The summed E-state index contributed by atoms with van der Waals surface area (Å²) in [6.07, 6.45) is 8.13. The van der Waals surface area contributed by atoms with E-state index in [1.54, 1.807) is 0 Å². The van der Waals surface area contributed by atoms with Crippen molar-refractivity contribution >= 4 is 15.9 Å². The summed E-state index contributed by atoms with van der Waals surface area (Å²) in [5.74, 6) is 1.18. The minimum atomic E-state index is 0.473. The molecule has 1 aromatic carbocycles. The maximum absolute atomic E-state index is 4.47. The van der Waals surface area contributed by atoms with Gasteiger partial charge < -0.3 is 9.88 Å². The van der Waals surface area contributed by atoms with Gasteiger partial charge in [0.15, 0.2) is 0 Å². The molecule has 3 aromatic rings. The molecule has 124 valence electrons. The number of halogens is 1. The summed E-state index contributed by atoms with van der Waals surface area (Å²) >= 11 is 3.57. The Morgan fingerprint density at radius 1 is 1.17 bits per heavy atom. The Labute approximate surface area is 149 Å². The van der Waals surface area contributed by atoms with Crippen molar-refractivity contribution in [1.82, 2.24) is 24.6 Å². The SMILES string of the molecule is Brc1cnc2n1CC(NCc1cnn(Cc3ccccc3)c1)CC2. The number of hydrogen-bond donors (Lipinski definition) is 1. The molecule has 0 amide bonds. The predicted molar refractivity (Wildman–Crippen MR) is 96.6 cm³/mol. The maximum atomic E-state index is 4.47. The van der Waals surface area contributed by atoms with Gasteiger partial charge in [0.25, 0.3) is 0 Å². The first-order valence-electron chi connectivity index (χ1n) is 8.26. The second kappa shape index (κ2) is 6.91. The Bertz CT molecular complexity index is 808. The van der Waals surface area contributed by atoms with Gasteiger partial charge in [0.05, 0.1) is 18.9 Å². The minimum absolute atomic E-state index is 0.473. The van der Waals surface area contributed by atoms with Crippen molar-refractivity contribution in [3.63, 3.8) is 0 Å². The highest BCUT2D eigenvalue weighted by Gasteiger charge is 2.20. The molecule has 0 saturated carbocycles. The van der Waals surface area contributed by atoms with Gasteiger partial charge in [0.2, 0.25) is 0 Å². The van der Waals surface area contributed by atoms with Crippen LogP contribution in [0.1, 0.15) is 23.4 Å². The lowest BCUT2D eigenvalue weighted by atomic mass is 10.1. The van der Waals surface area contributed by atoms with Crippen LogP contribution >= 0.6 is 15.9 Å². The lowest BCUT2D eigenvalue weighted by molar-refractivity contribution is 0.376. The van der Waals surface area contributed by atoms with Gasteiger partial charge in [-0.25, -0.2) is 4.98 Å². The normalized spacial score (nSPS) is 17.0. The van der Waals surface area contributed by atoms with Crippen molar-refractivity contribution in [2.45, 2.75) is 38.5 Å². The van der Waals surface area contributed by atoms with Gasteiger partial charge in [-0.3, -0.25) is 4.68 Å². The van der Waals surface area contributed by atoms with Gasteiger partial charge >= 0.3 is 0 Å². The zero-order valence-electron chi connectivity index (χ0n) is 13.4. The summed E-state index contributed by atoms with van der Waals surface area (Å²) in [7, 11) is 0. The Balaban J connectivity index is 1.33. The Kier molecular flexibility index (Phi) is 4.49. The minimum Gasteiger partial charge on any atom is -0.321 e. The third-order valence-corrected chi connectivity index (χ3v) is 5.11. The first-order valence-corrected chi connectivity index (χ1v) is 9.06. The van der Waals surface area contributed by atoms with Crippen LogP contribution in [0.4, 0.5) is 0 Å². The number of nitrogens with zero attached hydrogens (tertiary/aromatic N) is 4. The van der Waals surface area contributed by atoms with E-state index >= 15 is 0 Å². The van der Waals surface area contributed by atoms with E-state index in [1.165, 1.54) is 17.0 Å². The first-order chi connectivity index (χ1) is 11.8. The molecule has 0 saturated heterocycles. The largest absolute Gasteiger partial charge is 0.321 e. The molecule has 1 atom stereocenters. The number of fused-ring (bicyclic) bond motifs is 1. The fraction of sp³-hybridized carbons (Fsp3) is 0.333. The third-order valence-electron chi connectivity index (χ3n) is 4.48. The molecule has 1 unspecified atom stereocenters. The highest BCUT2D eigenvalue weighted by Crippen LogP contribution is 2.20. The summed E-state index contributed by atoms with van der Waals surface area (Å²) in [5.41, 5.74) is 2.49. The zero-order chi connectivity index (χ0) is 16.4. The fourth-order valence-corrected chi connectivity index (χ4v) is 3.63. The van der Waals surface area contributed by atoms with E-state index in [1.807, 2.05) is 23.1 Å². The van der Waals surface area contributed by atoms with E-state index in [0.717, 1.165) is 37.1 Å². The van der Waals surface area contributed by atoms with Gasteiger partial charge in [-0.1, -0.05) is 30.3 Å². The van der Waals surface area contributed by atoms with Crippen LogP contribution in [0.3, 0.4) is 0 Å². The van der Waals surface area contributed by atoms with E-state index < -0.39 is 0 Å². The third kappa shape index (κ3) is 3.44. The summed E-state index contributed by atoms with van der Waals surface area (Å²) in [6.45, 7) is 2.63. The van der Waals surface area contributed by atoms with Crippen LogP contribution in [0.25, 0.3) is 0 Å². The Morgan fingerprint density at radius 3 is 2.92 bits per heavy atom. The smallest absolute Gasteiger partial charge is 0.109 e. The van der Waals surface area contributed by atoms with Gasteiger partial charge in [-0.2, -0.15) is 5.10 Å². The molecule has 0 fully saturated rings. The van der Waals surface area contributed by atoms with Crippen molar-refractivity contribution in [3.05, 3.63) is 70.5 Å². The lowest BCUT2D eigenvalue weighted by Gasteiger charge is -2.25. The van der Waals surface area contributed by atoms with Crippen molar-refractivity contribution in [2.75, 3.05) is 0 Å². The zero-order valence-corrected chi connectivity index (χ0v) is 15.0. The molecule has 1 aliphatic heterocycles. The summed E-state index contributed by atoms with van der Waals surface area (Å²) in [6, 6.07) is 10.9. The molecule has 6 heteroatoms. The van der Waals surface area contributed by atoms with Crippen LogP contribution < -0.4 is 5.32 Å². The maximum Gasteiger partial charge on any atom is 0.109 e. The lowest BCUT2D eigenvalue weighted by Crippen LogP contribution is -2.37. The van der Waals surface area contributed by atoms with Crippen LogP contribution in [0, 0.1) is 0 Å². The van der Waals surface area contributed by atoms with Crippen molar-refractivity contribution in [3.8, 4) is 0 Å². The van der Waals surface area contributed by atoms with Crippen molar-refractivity contribution in [1.29, 1.82) is 0 Å². The topological polar surface area (TPSA) is 47.7 Å². The molecule has 3 heterocycles. The molecule has 0 spiro atoms. The van der Waals surface area contributed by atoms with E-state index in [4.69, 9.17) is 0 Å². The van der Waals surface area contributed by atoms with E-state index in [2.05, 4.69) is 66.4 Å². The van der Waals surface area contributed by atoms with Crippen LogP contribution in [-0.2, 0) is 26.1 Å². The quantitative estimate of drug-likeness (QED) is 0.734.